The van der Waals surface area contributed by atoms with Crippen LogP contribution in [-0.2, 0) is 13.0 Å². The van der Waals surface area contributed by atoms with E-state index in [9.17, 15) is 0 Å². The van der Waals surface area contributed by atoms with E-state index in [1.165, 1.54) is 0 Å². The lowest BCUT2D eigenvalue weighted by Gasteiger charge is -2.02. The Bertz CT molecular complexity index is 484. The summed E-state index contributed by atoms with van der Waals surface area (Å²) in [5.74, 6) is 0.134. The minimum Gasteiger partial charge on any atom is -0.386 e. The predicted octanol–water partition coefficient (Wildman–Crippen LogP) is 2.11. The Morgan fingerprint density at radius 3 is 3.00 bits per heavy atom. The monoisotopic (exact) mass is 234 g/mol. The Kier molecular flexibility index (Phi) is 3.05. The van der Waals surface area contributed by atoms with Crippen molar-refractivity contribution in [2.75, 3.05) is 0 Å². The van der Waals surface area contributed by atoms with Gasteiger partial charge in [-0.3, -0.25) is 10.1 Å². The molecule has 0 radical (unpaired) electrons. The third kappa shape index (κ3) is 2.14. The number of thiophene rings is 1. The first-order chi connectivity index (χ1) is 7.70. The van der Waals surface area contributed by atoms with Gasteiger partial charge in [-0.2, -0.15) is 16.4 Å². The molecule has 0 bridgehead atoms. The van der Waals surface area contributed by atoms with E-state index in [-0.39, 0.29) is 5.84 Å². The normalized spacial score (nSPS) is 10.6. The Labute approximate surface area is 98.2 Å². The number of amidine groups is 1. The summed E-state index contributed by atoms with van der Waals surface area (Å²) in [6.45, 7) is 2.44. The van der Waals surface area contributed by atoms with Crippen LogP contribution in [0.1, 0.15) is 12.6 Å². The van der Waals surface area contributed by atoms with Gasteiger partial charge in [0.25, 0.3) is 0 Å². The van der Waals surface area contributed by atoms with Crippen LogP contribution in [0.2, 0.25) is 0 Å². The Balaban J connectivity index is 2.36. The number of nitrogens with two attached hydrogens (primary N) is 1. The van der Waals surface area contributed by atoms with E-state index in [2.05, 4.69) is 23.5 Å². The lowest BCUT2D eigenvalue weighted by Crippen LogP contribution is -2.20. The van der Waals surface area contributed by atoms with Gasteiger partial charge < -0.3 is 5.73 Å². The fourth-order valence-electron chi connectivity index (χ4n) is 1.59. The van der Waals surface area contributed by atoms with E-state index in [4.69, 9.17) is 11.1 Å². The highest BCUT2D eigenvalue weighted by molar-refractivity contribution is 7.08. The minimum absolute atomic E-state index is 0.134. The SMILES string of the molecule is CCc1cc(-c2ccsc2)nn1CC(=N)N. The van der Waals surface area contributed by atoms with Crippen molar-refractivity contribution < 1.29 is 0 Å². The maximum absolute atomic E-state index is 7.31. The molecule has 0 aromatic carbocycles. The third-order valence-electron chi connectivity index (χ3n) is 2.36. The number of nitrogens with one attached hydrogen (secondary N) is 1. The van der Waals surface area contributed by atoms with Gasteiger partial charge >= 0.3 is 0 Å². The minimum atomic E-state index is 0.134. The number of hydrogen-bond donors (Lipinski definition) is 2. The van der Waals surface area contributed by atoms with Gasteiger partial charge in [0.2, 0.25) is 0 Å². The van der Waals surface area contributed by atoms with Crippen molar-refractivity contribution in [3.63, 3.8) is 0 Å². The Morgan fingerprint density at radius 2 is 2.44 bits per heavy atom. The van der Waals surface area contributed by atoms with E-state index in [0.717, 1.165) is 23.4 Å². The topological polar surface area (TPSA) is 67.7 Å². The number of hydrogen-bond acceptors (Lipinski definition) is 3. The van der Waals surface area contributed by atoms with Gasteiger partial charge in [0, 0.05) is 16.6 Å². The van der Waals surface area contributed by atoms with Crippen LogP contribution in [0.3, 0.4) is 0 Å². The maximum atomic E-state index is 7.31. The molecular formula is C11H14N4S. The molecule has 0 amide bonds. The van der Waals surface area contributed by atoms with E-state index in [1.54, 1.807) is 16.0 Å². The van der Waals surface area contributed by atoms with E-state index in [1.807, 2.05) is 11.4 Å². The van der Waals surface area contributed by atoms with Crippen molar-refractivity contribution in [1.82, 2.24) is 9.78 Å². The van der Waals surface area contributed by atoms with Crippen molar-refractivity contribution in [3.05, 3.63) is 28.6 Å². The van der Waals surface area contributed by atoms with Crippen LogP contribution in [0, 0.1) is 5.41 Å². The zero-order valence-corrected chi connectivity index (χ0v) is 9.92. The van der Waals surface area contributed by atoms with Gasteiger partial charge in [0.05, 0.1) is 12.2 Å². The van der Waals surface area contributed by atoms with E-state index >= 15 is 0 Å². The van der Waals surface area contributed by atoms with Crippen LogP contribution in [0.4, 0.5) is 0 Å². The highest BCUT2D eigenvalue weighted by Crippen LogP contribution is 2.21. The number of nitrogens with zero attached hydrogens (tertiary/aromatic N) is 2. The molecule has 16 heavy (non-hydrogen) atoms. The van der Waals surface area contributed by atoms with Crippen LogP contribution in [-0.4, -0.2) is 15.6 Å². The van der Waals surface area contributed by atoms with Gasteiger partial charge in [-0.1, -0.05) is 6.92 Å². The van der Waals surface area contributed by atoms with Crippen LogP contribution in [0.15, 0.2) is 22.9 Å². The van der Waals surface area contributed by atoms with E-state index in [0.29, 0.717) is 6.54 Å². The molecule has 0 fully saturated rings. The van der Waals surface area contributed by atoms with Crippen molar-refractivity contribution in [1.29, 1.82) is 5.41 Å². The summed E-state index contributed by atoms with van der Waals surface area (Å²) in [4.78, 5) is 0. The summed E-state index contributed by atoms with van der Waals surface area (Å²) in [7, 11) is 0. The molecule has 2 aromatic heterocycles. The molecule has 84 valence electrons. The zero-order valence-electron chi connectivity index (χ0n) is 9.10. The van der Waals surface area contributed by atoms with Gasteiger partial charge in [-0.05, 0) is 23.9 Å². The van der Waals surface area contributed by atoms with Crippen LogP contribution in [0.25, 0.3) is 11.3 Å². The summed E-state index contributed by atoms with van der Waals surface area (Å²) in [5.41, 5.74) is 8.59. The van der Waals surface area contributed by atoms with Crippen LogP contribution < -0.4 is 5.73 Å². The van der Waals surface area contributed by atoms with Crippen molar-refractivity contribution in [3.8, 4) is 11.3 Å². The molecule has 3 N–H and O–H groups in total. The molecule has 0 saturated heterocycles. The molecule has 2 aromatic rings. The average molecular weight is 234 g/mol. The number of rotatable bonds is 4. The molecule has 2 heterocycles. The molecule has 0 atom stereocenters. The van der Waals surface area contributed by atoms with Crippen molar-refractivity contribution in [2.24, 2.45) is 5.73 Å². The summed E-state index contributed by atoms with van der Waals surface area (Å²) in [5, 5.41) is 15.9. The molecule has 0 spiro atoms. The quantitative estimate of drug-likeness (QED) is 0.628. The fraction of sp³-hybridized carbons (Fsp3) is 0.273. The van der Waals surface area contributed by atoms with Crippen LogP contribution in [0.5, 0.6) is 0 Å². The maximum Gasteiger partial charge on any atom is 0.113 e. The molecule has 0 aliphatic heterocycles. The Morgan fingerprint density at radius 1 is 1.62 bits per heavy atom. The van der Waals surface area contributed by atoms with Gasteiger partial charge in [0.1, 0.15) is 5.84 Å². The van der Waals surface area contributed by atoms with Gasteiger partial charge in [-0.25, -0.2) is 0 Å². The summed E-state index contributed by atoms with van der Waals surface area (Å²) < 4.78 is 1.80. The molecule has 4 nitrogen and oxygen atoms in total. The predicted molar refractivity (Wildman–Crippen MR) is 66.8 cm³/mol. The molecule has 0 unspecified atom stereocenters. The second kappa shape index (κ2) is 4.49. The largest absolute Gasteiger partial charge is 0.386 e. The molecule has 5 heteroatoms. The van der Waals surface area contributed by atoms with Crippen LogP contribution >= 0.6 is 11.3 Å². The molecular weight excluding hydrogens is 220 g/mol. The molecule has 0 aliphatic carbocycles. The average Bonchev–Trinajstić information content (AvgIpc) is 2.83. The fourth-order valence-corrected chi connectivity index (χ4v) is 2.24. The summed E-state index contributed by atoms with van der Waals surface area (Å²) in [6, 6.07) is 4.11. The summed E-state index contributed by atoms with van der Waals surface area (Å²) in [6.07, 6.45) is 0.893. The lowest BCUT2D eigenvalue weighted by atomic mass is 10.2. The first kappa shape index (κ1) is 10.9. The Hall–Kier alpha value is -1.62. The first-order valence-electron chi connectivity index (χ1n) is 5.13. The molecule has 0 aliphatic rings. The van der Waals surface area contributed by atoms with Gasteiger partial charge in [0.15, 0.2) is 0 Å². The highest BCUT2D eigenvalue weighted by Gasteiger charge is 2.08. The second-order valence-corrected chi connectivity index (χ2v) is 4.35. The lowest BCUT2D eigenvalue weighted by molar-refractivity contribution is 0.678. The van der Waals surface area contributed by atoms with E-state index < -0.39 is 0 Å². The molecule has 2 rings (SSSR count). The highest BCUT2D eigenvalue weighted by atomic mass is 32.1. The number of aromatic nitrogens is 2. The standard InChI is InChI=1S/C11H14N4S/c1-2-9-5-10(8-3-4-16-7-8)14-15(9)6-11(12)13/h3-5,7H,2,6H2,1H3,(H3,12,13). The van der Waals surface area contributed by atoms with Gasteiger partial charge in [-0.15, -0.1) is 0 Å². The number of aryl methyl sites for hydroxylation is 1. The molecule has 0 saturated carbocycles. The second-order valence-electron chi connectivity index (χ2n) is 3.57. The first-order valence-corrected chi connectivity index (χ1v) is 6.07. The summed E-state index contributed by atoms with van der Waals surface area (Å²) >= 11 is 1.65. The zero-order chi connectivity index (χ0) is 11.5. The smallest absolute Gasteiger partial charge is 0.113 e. The van der Waals surface area contributed by atoms with Crippen molar-refractivity contribution in [2.45, 2.75) is 19.9 Å². The third-order valence-corrected chi connectivity index (χ3v) is 3.05. The van der Waals surface area contributed by atoms with Crippen molar-refractivity contribution >= 4 is 17.2 Å².